The van der Waals surface area contributed by atoms with E-state index in [-0.39, 0.29) is 75.4 Å². The van der Waals surface area contributed by atoms with Crippen molar-refractivity contribution in [2.24, 2.45) is 0 Å². The number of hydrogen-bond acceptors (Lipinski definition) is 6. The summed E-state index contributed by atoms with van der Waals surface area (Å²) in [6, 6.07) is 0. The second-order valence-electron chi connectivity index (χ2n) is 0. The van der Waals surface area contributed by atoms with Crippen molar-refractivity contribution in [3.05, 3.63) is 39.4 Å². The van der Waals surface area contributed by atoms with Crippen LogP contribution >= 0.6 is 0 Å². The predicted molar refractivity (Wildman–Crippen MR) is 34.5 cm³/mol. The minimum atomic E-state index is 0. The van der Waals surface area contributed by atoms with Crippen LogP contribution in [0.5, 0.6) is 0 Å². The fourth-order valence-corrected chi connectivity index (χ4v) is 0. The van der Waals surface area contributed by atoms with Gasteiger partial charge in [-0.15, -0.1) is 0 Å². The van der Waals surface area contributed by atoms with Gasteiger partial charge in [0, 0.05) is 0 Å². The fourth-order valence-electron chi connectivity index (χ4n) is 0. The van der Waals surface area contributed by atoms with E-state index in [1.165, 1.54) is 0 Å². The summed E-state index contributed by atoms with van der Waals surface area (Å²) in [4.78, 5) is 0. The van der Waals surface area contributed by atoms with E-state index in [9.17, 15) is 0 Å². The van der Waals surface area contributed by atoms with E-state index < -0.39 is 0 Å². The normalized spacial score (nSPS) is 0.800. The molecule has 0 aliphatic rings. The number of rotatable bonds is 0. The van der Waals surface area contributed by atoms with E-state index in [1.54, 1.807) is 0 Å². The summed E-state index contributed by atoms with van der Waals surface area (Å²) in [5.74, 6) is 0. The van der Waals surface area contributed by atoms with Crippen molar-refractivity contribution in [1.29, 1.82) is 31.6 Å². The molecule has 0 aromatic carbocycles. The van der Waals surface area contributed by atoms with E-state index in [1.807, 2.05) is 0 Å². The summed E-state index contributed by atoms with van der Waals surface area (Å²) in [5, 5.41) is 37.5. The van der Waals surface area contributed by atoms with Gasteiger partial charge in [-0.2, -0.15) is 0 Å². The second-order valence-corrected chi connectivity index (χ2v) is 0. The van der Waals surface area contributed by atoms with Gasteiger partial charge in [-0.3, -0.25) is 0 Å². The molecule has 0 unspecified atom stereocenters. The van der Waals surface area contributed by atoms with Crippen LogP contribution in [0.3, 0.4) is 0 Å². The molecule has 0 atom stereocenters. The molecular weight excluding hydrogens is 267 g/mol. The van der Waals surface area contributed by atoms with Crippen LogP contribution in [0.1, 0.15) is 1.43 Å². The average molecular weight is 270 g/mol. The summed E-state index contributed by atoms with van der Waals surface area (Å²) >= 11 is 0. The van der Waals surface area contributed by atoms with Gasteiger partial charge in [-0.05, 0) is 0 Å². The molecule has 2 N–H and O–H groups in total. The van der Waals surface area contributed by atoms with Gasteiger partial charge >= 0.3 is 68.5 Å². The van der Waals surface area contributed by atoms with E-state index in [2.05, 4.69) is 0 Å². The van der Waals surface area contributed by atoms with Gasteiger partial charge in [0.15, 0.2) is 0 Å². The third-order valence-corrected chi connectivity index (χ3v) is 0. The van der Waals surface area contributed by atoms with Crippen molar-refractivity contribution in [3.63, 3.8) is 0 Å². The maximum Gasteiger partial charge on any atom is 6.00 e. The Morgan fingerprint density at radius 1 is 0.467 bits per heavy atom. The minimum Gasteiger partial charge on any atom is -1.00 e. The molecule has 0 heterocycles. The van der Waals surface area contributed by atoms with Crippen LogP contribution in [-0.4, -0.2) is 5.48 Å². The van der Waals surface area contributed by atoms with Gasteiger partial charge in [-0.1, -0.05) is 0 Å². The third kappa shape index (κ3) is 1790. The summed E-state index contributed by atoms with van der Waals surface area (Å²) < 4.78 is 0. The quantitative estimate of drug-likeness (QED) is 0.332. The summed E-state index contributed by atoms with van der Waals surface area (Å²) in [5.41, 5.74) is 0. The van der Waals surface area contributed by atoms with Gasteiger partial charge < -0.3 is 77.9 Å². The first-order valence-corrected chi connectivity index (χ1v) is 1.34. The monoisotopic (exact) mass is 270 g/mol. The molecule has 0 aliphatic heterocycles. The van der Waals surface area contributed by atoms with E-state index in [0.717, 1.165) is 0 Å². The molecule has 0 saturated heterocycles. The zero-order valence-corrected chi connectivity index (χ0v) is 11.8. The molecule has 9 heteroatoms. The molecule has 0 spiro atoms. The maximum absolute atomic E-state index is 6.25. The first-order chi connectivity index (χ1) is 6.00. The standard InChI is InChI=1S/6CN.Fe.K.H2O.H/c6*1-2;;;;/h;;;;;;;;1H2;/q6*-1;+6;+1;;-1. The molecular formula is C6H3FeKN6O. The molecule has 0 aromatic rings. The predicted octanol–water partition coefficient (Wildman–Crippen LogP) is -3.13. The molecule has 15 heavy (non-hydrogen) atoms. The molecule has 7 nitrogen and oxygen atoms in total. The SMILES string of the molecule is O.[C-]#N.[C-]#N.[C-]#N.[C-]#N.[C-]#N.[C-]#N.[Fe+6].[H-].[K+]. The fraction of sp³-hybridized carbons (Fsp3) is 0. The Morgan fingerprint density at radius 3 is 0.467 bits per heavy atom. The van der Waals surface area contributed by atoms with Crippen LogP contribution in [0.15, 0.2) is 0 Å². The molecule has 0 aromatic heterocycles. The Balaban J connectivity index is -0.00000000321. The van der Waals surface area contributed by atoms with E-state index >= 15 is 0 Å². The van der Waals surface area contributed by atoms with Crippen molar-refractivity contribution in [2.45, 2.75) is 0 Å². The van der Waals surface area contributed by atoms with Crippen molar-refractivity contribution >= 4 is 0 Å². The van der Waals surface area contributed by atoms with Gasteiger partial charge in [0.1, 0.15) is 0 Å². The number of nitrogens with zero attached hydrogens (tertiary/aromatic N) is 6. The Labute approximate surface area is 144 Å². The van der Waals surface area contributed by atoms with Crippen molar-refractivity contribution in [1.82, 2.24) is 0 Å². The van der Waals surface area contributed by atoms with Gasteiger partial charge in [-0.25, -0.2) is 0 Å². The van der Waals surface area contributed by atoms with Crippen LogP contribution in [0, 0.1) is 71.0 Å². The van der Waals surface area contributed by atoms with Crippen molar-refractivity contribution in [3.8, 4) is 0 Å². The molecule has 0 aliphatic carbocycles. The first kappa shape index (κ1) is 93.7. The largest absolute Gasteiger partial charge is 6.00 e. The van der Waals surface area contributed by atoms with Crippen molar-refractivity contribution in [2.75, 3.05) is 0 Å². The zero-order valence-electron chi connectivity index (χ0n) is 8.54. The molecule has 0 amide bonds. The van der Waals surface area contributed by atoms with Crippen LogP contribution in [0.4, 0.5) is 0 Å². The Hall–Kier alpha value is -0.944. The first-order valence-electron chi connectivity index (χ1n) is 1.34. The van der Waals surface area contributed by atoms with Crippen LogP contribution < -0.4 is 51.4 Å². The van der Waals surface area contributed by atoms with E-state index in [0.29, 0.717) is 0 Å². The molecule has 0 rings (SSSR count). The summed E-state index contributed by atoms with van der Waals surface area (Å²) in [7, 11) is 0. The third-order valence-electron chi connectivity index (χ3n) is 0. The topological polar surface area (TPSA) is 174 Å². The molecule has 0 radical (unpaired) electrons. The van der Waals surface area contributed by atoms with E-state index in [4.69, 9.17) is 71.0 Å². The Kier molecular flexibility index (Phi) is 13300. The summed E-state index contributed by atoms with van der Waals surface area (Å²) in [6.45, 7) is 28.5. The molecule has 0 bridgehead atoms. The van der Waals surface area contributed by atoms with Gasteiger partial charge in [0.05, 0.1) is 0 Å². The van der Waals surface area contributed by atoms with Crippen LogP contribution in [0.2, 0.25) is 0 Å². The average Bonchev–Trinajstić information content (AvgIpc) is 2.33. The van der Waals surface area contributed by atoms with Gasteiger partial charge in [0.2, 0.25) is 0 Å². The van der Waals surface area contributed by atoms with Crippen molar-refractivity contribution < 1.29 is 75.4 Å². The second kappa shape index (κ2) is 2130. The van der Waals surface area contributed by atoms with Crippen LogP contribution in [-0.2, 0) is 17.1 Å². The molecule has 0 fully saturated rings. The maximum atomic E-state index is 6.25. The Morgan fingerprint density at radius 2 is 0.467 bits per heavy atom. The smallest absolute Gasteiger partial charge is 1.00 e. The zero-order chi connectivity index (χ0) is 12.0. The van der Waals surface area contributed by atoms with Gasteiger partial charge in [0.25, 0.3) is 0 Å². The minimum absolute atomic E-state index is 0. The number of hydrogen-bond donors (Lipinski definition) is 0. The molecule has 72 valence electrons. The van der Waals surface area contributed by atoms with Crippen LogP contribution in [0.25, 0.3) is 0 Å². The summed E-state index contributed by atoms with van der Waals surface area (Å²) in [6.07, 6.45) is 0. The molecule has 0 saturated carbocycles. The Bertz CT molecular complexity index is 108.